The molecular weight excluding hydrogens is 304 g/mol. The highest BCUT2D eigenvalue weighted by atomic mass is 33.1. The predicted octanol–water partition coefficient (Wildman–Crippen LogP) is 2.79. The van der Waals surface area contributed by atoms with Crippen molar-refractivity contribution >= 4 is 27.6 Å². The van der Waals surface area contributed by atoms with Crippen molar-refractivity contribution in [3.8, 4) is 0 Å². The Balaban J connectivity index is 3.87. The SMILES string of the molecule is CC(C)[N+](C)(C)CCSSCC[N+](C)(C)C(C)CC(=O)O. The van der Waals surface area contributed by atoms with E-state index < -0.39 is 5.97 Å². The van der Waals surface area contributed by atoms with E-state index in [0.717, 1.165) is 27.0 Å². The molecule has 0 rings (SSSR count). The second kappa shape index (κ2) is 9.28. The van der Waals surface area contributed by atoms with Gasteiger partial charge in [0.2, 0.25) is 0 Å². The Morgan fingerprint density at radius 2 is 1.38 bits per heavy atom. The van der Waals surface area contributed by atoms with Crippen LogP contribution in [-0.4, -0.2) is 84.9 Å². The third-order valence-electron chi connectivity index (χ3n) is 4.65. The van der Waals surface area contributed by atoms with Gasteiger partial charge in [0.15, 0.2) is 0 Å². The molecule has 0 bridgehead atoms. The first kappa shape index (κ1) is 21.1. The largest absolute Gasteiger partial charge is 0.481 e. The molecule has 4 nitrogen and oxygen atoms in total. The van der Waals surface area contributed by atoms with E-state index in [0.29, 0.717) is 6.04 Å². The maximum Gasteiger partial charge on any atom is 0.309 e. The number of carboxylic acid groups (broad SMARTS) is 1. The topological polar surface area (TPSA) is 37.3 Å². The Labute approximate surface area is 138 Å². The molecule has 1 N–H and O–H groups in total. The summed E-state index contributed by atoms with van der Waals surface area (Å²) in [6, 6.07) is 0.813. The van der Waals surface area contributed by atoms with Gasteiger partial charge in [0.25, 0.3) is 0 Å². The molecule has 1 atom stereocenters. The molecule has 0 amide bonds. The summed E-state index contributed by atoms with van der Waals surface area (Å²) in [5, 5.41) is 8.89. The highest BCUT2D eigenvalue weighted by Crippen LogP contribution is 2.23. The van der Waals surface area contributed by atoms with E-state index in [9.17, 15) is 4.79 Å². The van der Waals surface area contributed by atoms with Crippen LogP contribution >= 0.6 is 21.6 Å². The standard InChI is InChI=1S/C15H33N2O2S2/c1-13(2)16(4,5)8-10-20-21-11-9-17(6,7)14(3)12-15(18)19/h13-14H,8-12H2,1-7H3/q+1/p+1. The van der Waals surface area contributed by atoms with E-state index in [2.05, 4.69) is 42.0 Å². The Kier molecular flexibility index (Phi) is 9.32. The van der Waals surface area contributed by atoms with E-state index >= 15 is 0 Å². The molecule has 0 aromatic rings. The van der Waals surface area contributed by atoms with Crippen LogP contribution in [0.15, 0.2) is 0 Å². The van der Waals surface area contributed by atoms with Gasteiger partial charge in [-0.1, -0.05) is 21.6 Å². The summed E-state index contributed by atoms with van der Waals surface area (Å²) in [5.41, 5.74) is 0. The first-order valence-corrected chi connectivity index (χ1v) is 10.1. The molecule has 0 radical (unpaired) electrons. The average Bonchev–Trinajstić information content (AvgIpc) is 2.32. The summed E-state index contributed by atoms with van der Waals surface area (Å²) in [5.74, 6) is 1.52. The molecule has 0 aliphatic carbocycles. The highest BCUT2D eigenvalue weighted by molar-refractivity contribution is 8.76. The van der Waals surface area contributed by atoms with Crippen molar-refractivity contribution in [2.75, 3.05) is 52.8 Å². The van der Waals surface area contributed by atoms with E-state index in [-0.39, 0.29) is 12.5 Å². The predicted molar refractivity (Wildman–Crippen MR) is 95.7 cm³/mol. The number of hydrogen-bond donors (Lipinski definition) is 1. The van der Waals surface area contributed by atoms with Crippen molar-refractivity contribution in [1.82, 2.24) is 0 Å². The van der Waals surface area contributed by atoms with Gasteiger partial charge in [-0.3, -0.25) is 4.79 Å². The minimum Gasteiger partial charge on any atom is -0.481 e. The van der Waals surface area contributed by atoms with Gasteiger partial charge in [0.05, 0.1) is 71.3 Å². The highest BCUT2D eigenvalue weighted by Gasteiger charge is 2.26. The number of quaternary nitrogens is 2. The molecule has 0 saturated carbocycles. The Morgan fingerprint density at radius 3 is 1.76 bits per heavy atom. The van der Waals surface area contributed by atoms with Crippen LogP contribution in [0.3, 0.4) is 0 Å². The molecule has 0 heterocycles. The number of aliphatic carboxylic acids is 1. The molecule has 0 aromatic carbocycles. The van der Waals surface area contributed by atoms with Crippen LogP contribution in [0.4, 0.5) is 0 Å². The summed E-state index contributed by atoms with van der Waals surface area (Å²) < 4.78 is 1.83. The zero-order chi connectivity index (χ0) is 16.7. The van der Waals surface area contributed by atoms with Crippen LogP contribution in [-0.2, 0) is 4.79 Å². The van der Waals surface area contributed by atoms with Gasteiger partial charge in [-0.2, -0.15) is 0 Å². The van der Waals surface area contributed by atoms with Crippen molar-refractivity contribution < 1.29 is 18.9 Å². The fourth-order valence-electron chi connectivity index (χ4n) is 1.64. The summed E-state index contributed by atoms with van der Waals surface area (Å²) in [4.78, 5) is 10.8. The molecule has 6 heteroatoms. The van der Waals surface area contributed by atoms with E-state index in [4.69, 9.17) is 5.11 Å². The molecule has 0 saturated heterocycles. The third-order valence-corrected chi connectivity index (χ3v) is 7.01. The fraction of sp³-hybridized carbons (Fsp3) is 0.933. The number of nitrogens with zero attached hydrogens (tertiary/aromatic N) is 2. The molecule has 0 aliphatic heterocycles. The Hall–Kier alpha value is 0.0900. The van der Waals surface area contributed by atoms with Crippen LogP contribution in [0.25, 0.3) is 0 Å². The first-order chi connectivity index (χ1) is 9.49. The zero-order valence-electron chi connectivity index (χ0n) is 14.8. The molecule has 126 valence electrons. The van der Waals surface area contributed by atoms with Gasteiger partial charge in [-0.25, -0.2) is 0 Å². The van der Waals surface area contributed by atoms with Gasteiger partial charge in [0, 0.05) is 0 Å². The Morgan fingerprint density at radius 1 is 0.952 bits per heavy atom. The third kappa shape index (κ3) is 8.96. The van der Waals surface area contributed by atoms with Crippen LogP contribution in [0.1, 0.15) is 27.2 Å². The summed E-state index contributed by atoms with van der Waals surface area (Å²) >= 11 is 0. The van der Waals surface area contributed by atoms with E-state index in [1.54, 1.807) is 0 Å². The van der Waals surface area contributed by atoms with Crippen LogP contribution < -0.4 is 0 Å². The first-order valence-electron chi connectivity index (χ1n) is 7.60. The van der Waals surface area contributed by atoms with Gasteiger partial charge in [-0.15, -0.1) is 0 Å². The second-order valence-electron chi connectivity index (χ2n) is 7.19. The molecule has 0 aliphatic rings. The minimum absolute atomic E-state index is 0.157. The maximum atomic E-state index is 10.8. The lowest BCUT2D eigenvalue weighted by Crippen LogP contribution is -2.49. The van der Waals surface area contributed by atoms with Crippen molar-refractivity contribution in [3.63, 3.8) is 0 Å². The molecule has 0 fully saturated rings. The van der Waals surface area contributed by atoms with Crippen molar-refractivity contribution in [2.45, 2.75) is 39.3 Å². The van der Waals surface area contributed by atoms with Crippen LogP contribution in [0.2, 0.25) is 0 Å². The lowest BCUT2D eigenvalue weighted by atomic mass is 10.2. The van der Waals surface area contributed by atoms with Crippen molar-refractivity contribution in [3.05, 3.63) is 0 Å². The van der Waals surface area contributed by atoms with E-state index in [1.165, 1.54) is 6.54 Å². The molecule has 1 unspecified atom stereocenters. The summed E-state index contributed by atoms with van der Waals surface area (Å²) in [6.07, 6.45) is 0.241. The van der Waals surface area contributed by atoms with Crippen molar-refractivity contribution in [1.29, 1.82) is 0 Å². The number of carboxylic acids is 1. The number of carbonyl (C=O) groups is 1. The molecule has 0 aromatic heterocycles. The van der Waals surface area contributed by atoms with Crippen LogP contribution in [0, 0.1) is 0 Å². The zero-order valence-corrected chi connectivity index (χ0v) is 16.4. The average molecular weight is 339 g/mol. The quantitative estimate of drug-likeness (QED) is 0.357. The molecular formula is C15H34N2O2S2+2. The lowest BCUT2D eigenvalue weighted by Gasteiger charge is -2.35. The van der Waals surface area contributed by atoms with E-state index in [1.807, 2.05) is 28.5 Å². The molecule has 0 spiro atoms. The van der Waals surface area contributed by atoms with Gasteiger partial charge in [0.1, 0.15) is 0 Å². The Bertz CT molecular complexity index is 321. The maximum absolute atomic E-state index is 10.8. The fourth-order valence-corrected chi connectivity index (χ4v) is 4.12. The van der Waals surface area contributed by atoms with Gasteiger partial charge >= 0.3 is 5.97 Å². The summed E-state index contributed by atoms with van der Waals surface area (Å²) in [6.45, 7) is 8.75. The second-order valence-corrected chi connectivity index (χ2v) is 9.89. The normalized spacial score (nSPS) is 14.5. The summed E-state index contributed by atoms with van der Waals surface area (Å²) in [7, 11) is 12.7. The van der Waals surface area contributed by atoms with Crippen LogP contribution in [0.5, 0.6) is 0 Å². The number of hydrogen-bond acceptors (Lipinski definition) is 3. The molecule has 21 heavy (non-hydrogen) atoms. The lowest BCUT2D eigenvalue weighted by molar-refractivity contribution is -0.910. The number of rotatable bonds is 11. The van der Waals surface area contributed by atoms with Gasteiger partial charge in [-0.05, 0) is 20.8 Å². The minimum atomic E-state index is -0.704. The monoisotopic (exact) mass is 338 g/mol. The smallest absolute Gasteiger partial charge is 0.309 e. The van der Waals surface area contributed by atoms with Gasteiger partial charge < -0.3 is 14.1 Å². The van der Waals surface area contributed by atoms with Crippen molar-refractivity contribution in [2.24, 2.45) is 0 Å².